The van der Waals surface area contributed by atoms with Crippen LogP contribution in [0.15, 0.2) is 18.2 Å². The van der Waals surface area contributed by atoms with Gasteiger partial charge in [-0.3, -0.25) is 0 Å². The molecule has 0 radical (unpaired) electrons. The minimum absolute atomic E-state index is 0.483. The standard InChI is InChI=1S/C16H24O/c1-5-13-7-8-14(6-2)15(10-13)11(3)9-16-12(4)17-16/h7-8,10-12,16H,5-6,9H2,1-4H3. The van der Waals surface area contributed by atoms with Crippen molar-refractivity contribution in [1.29, 1.82) is 0 Å². The van der Waals surface area contributed by atoms with Gasteiger partial charge in [-0.25, -0.2) is 0 Å². The Bertz CT molecular complexity index is 383. The molecular formula is C16H24O. The summed E-state index contributed by atoms with van der Waals surface area (Å²) in [4.78, 5) is 0. The summed E-state index contributed by atoms with van der Waals surface area (Å²) >= 11 is 0. The predicted octanol–water partition coefficient (Wildman–Crippen LogP) is 4.09. The molecule has 17 heavy (non-hydrogen) atoms. The van der Waals surface area contributed by atoms with Crippen LogP contribution in [0, 0.1) is 0 Å². The first kappa shape index (κ1) is 12.6. The van der Waals surface area contributed by atoms with Crippen LogP contribution < -0.4 is 0 Å². The fourth-order valence-electron chi connectivity index (χ4n) is 2.60. The van der Waals surface area contributed by atoms with Crippen LogP contribution in [-0.4, -0.2) is 12.2 Å². The number of rotatable bonds is 5. The number of hydrogen-bond donors (Lipinski definition) is 0. The Labute approximate surface area is 105 Å². The first-order chi connectivity index (χ1) is 8.15. The molecule has 1 fully saturated rings. The van der Waals surface area contributed by atoms with E-state index in [1.165, 1.54) is 23.1 Å². The molecule has 1 nitrogen and oxygen atoms in total. The molecule has 0 amide bonds. The maximum absolute atomic E-state index is 5.54. The van der Waals surface area contributed by atoms with Gasteiger partial charge >= 0.3 is 0 Å². The summed E-state index contributed by atoms with van der Waals surface area (Å²) in [6.07, 6.45) is 4.41. The van der Waals surface area contributed by atoms with Crippen molar-refractivity contribution in [3.8, 4) is 0 Å². The second kappa shape index (κ2) is 5.22. The average molecular weight is 232 g/mol. The number of hydrogen-bond acceptors (Lipinski definition) is 1. The van der Waals surface area contributed by atoms with Crippen molar-refractivity contribution in [3.05, 3.63) is 34.9 Å². The summed E-state index contributed by atoms with van der Waals surface area (Å²) < 4.78 is 5.54. The van der Waals surface area contributed by atoms with Crippen molar-refractivity contribution >= 4 is 0 Å². The van der Waals surface area contributed by atoms with Gasteiger partial charge in [-0.05, 0) is 48.8 Å². The van der Waals surface area contributed by atoms with E-state index in [1.807, 2.05) is 0 Å². The van der Waals surface area contributed by atoms with Crippen molar-refractivity contribution in [3.63, 3.8) is 0 Å². The molecule has 3 atom stereocenters. The first-order valence-corrected chi connectivity index (χ1v) is 6.92. The van der Waals surface area contributed by atoms with E-state index in [0.717, 1.165) is 12.8 Å². The summed E-state index contributed by atoms with van der Waals surface area (Å²) in [5, 5.41) is 0. The fourth-order valence-corrected chi connectivity index (χ4v) is 2.60. The Kier molecular flexibility index (Phi) is 3.88. The second-order valence-electron chi connectivity index (χ2n) is 5.26. The molecule has 0 spiro atoms. The van der Waals surface area contributed by atoms with Crippen LogP contribution in [0.2, 0.25) is 0 Å². The molecule has 1 aromatic rings. The van der Waals surface area contributed by atoms with E-state index in [-0.39, 0.29) is 0 Å². The van der Waals surface area contributed by atoms with Crippen molar-refractivity contribution < 1.29 is 4.74 Å². The van der Waals surface area contributed by atoms with Gasteiger partial charge in [0.2, 0.25) is 0 Å². The molecule has 0 saturated carbocycles. The van der Waals surface area contributed by atoms with Crippen LogP contribution in [0.4, 0.5) is 0 Å². The first-order valence-electron chi connectivity index (χ1n) is 6.92. The summed E-state index contributed by atoms with van der Waals surface area (Å²) in [7, 11) is 0. The monoisotopic (exact) mass is 232 g/mol. The zero-order valence-corrected chi connectivity index (χ0v) is 11.5. The molecule has 1 aromatic carbocycles. The Morgan fingerprint density at radius 3 is 2.47 bits per heavy atom. The zero-order valence-electron chi connectivity index (χ0n) is 11.5. The van der Waals surface area contributed by atoms with E-state index in [2.05, 4.69) is 45.9 Å². The molecular weight excluding hydrogens is 208 g/mol. The lowest BCUT2D eigenvalue weighted by Gasteiger charge is -2.16. The number of epoxide rings is 1. The molecule has 0 aromatic heterocycles. The minimum Gasteiger partial charge on any atom is -0.370 e. The molecule has 94 valence electrons. The highest BCUT2D eigenvalue weighted by atomic mass is 16.6. The van der Waals surface area contributed by atoms with Crippen molar-refractivity contribution in [2.75, 3.05) is 0 Å². The average Bonchev–Trinajstić information content (AvgIpc) is 3.03. The highest BCUT2D eigenvalue weighted by molar-refractivity contribution is 5.34. The summed E-state index contributed by atoms with van der Waals surface area (Å²) in [5.74, 6) is 0.617. The molecule has 2 rings (SSSR count). The van der Waals surface area contributed by atoms with Crippen LogP contribution in [0.5, 0.6) is 0 Å². The maximum atomic E-state index is 5.54. The van der Waals surface area contributed by atoms with Gasteiger partial charge in [-0.15, -0.1) is 0 Å². The Morgan fingerprint density at radius 1 is 1.24 bits per heavy atom. The van der Waals surface area contributed by atoms with E-state index in [1.54, 1.807) is 0 Å². The van der Waals surface area contributed by atoms with Crippen LogP contribution in [0.1, 0.15) is 56.7 Å². The normalized spacial score (nSPS) is 24.7. The van der Waals surface area contributed by atoms with Gasteiger partial charge in [0.05, 0.1) is 12.2 Å². The van der Waals surface area contributed by atoms with Crippen LogP contribution >= 0.6 is 0 Å². The molecule has 0 bridgehead atoms. The summed E-state index contributed by atoms with van der Waals surface area (Å²) in [6.45, 7) is 8.97. The van der Waals surface area contributed by atoms with Gasteiger partial charge in [-0.1, -0.05) is 39.0 Å². The smallest absolute Gasteiger partial charge is 0.0844 e. The lowest BCUT2D eigenvalue weighted by atomic mass is 9.89. The van der Waals surface area contributed by atoms with Gasteiger partial charge in [0.25, 0.3) is 0 Å². The zero-order chi connectivity index (χ0) is 12.4. The lowest BCUT2D eigenvalue weighted by molar-refractivity contribution is 0.362. The van der Waals surface area contributed by atoms with E-state index in [0.29, 0.717) is 18.1 Å². The van der Waals surface area contributed by atoms with Crippen molar-refractivity contribution in [2.24, 2.45) is 0 Å². The van der Waals surface area contributed by atoms with Gasteiger partial charge in [-0.2, -0.15) is 0 Å². The van der Waals surface area contributed by atoms with E-state index in [9.17, 15) is 0 Å². The number of benzene rings is 1. The van der Waals surface area contributed by atoms with E-state index >= 15 is 0 Å². The number of aryl methyl sites for hydroxylation is 2. The summed E-state index contributed by atoms with van der Waals surface area (Å²) in [6, 6.07) is 6.98. The predicted molar refractivity (Wildman–Crippen MR) is 72.6 cm³/mol. The second-order valence-corrected chi connectivity index (χ2v) is 5.26. The third-order valence-corrected chi connectivity index (χ3v) is 3.95. The van der Waals surface area contributed by atoms with Crippen molar-refractivity contribution in [2.45, 2.75) is 65.1 Å². The Morgan fingerprint density at radius 2 is 1.94 bits per heavy atom. The SMILES string of the molecule is CCc1ccc(CC)c(C(C)CC2OC2C)c1. The third-order valence-electron chi connectivity index (χ3n) is 3.95. The lowest BCUT2D eigenvalue weighted by Crippen LogP contribution is -2.04. The molecule has 1 saturated heterocycles. The Balaban J connectivity index is 2.15. The minimum atomic E-state index is 0.483. The van der Waals surface area contributed by atoms with E-state index < -0.39 is 0 Å². The molecule has 1 heteroatoms. The highest BCUT2D eigenvalue weighted by Gasteiger charge is 2.35. The van der Waals surface area contributed by atoms with E-state index in [4.69, 9.17) is 4.74 Å². The topological polar surface area (TPSA) is 12.5 Å². The molecule has 3 unspecified atom stereocenters. The highest BCUT2D eigenvalue weighted by Crippen LogP contribution is 2.34. The number of ether oxygens (including phenoxy) is 1. The van der Waals surface area contributed by atoms with Crippen LogP contribution in [0.3, 0.4) is 0 Å². The van der Waals surface area contributed by atoms with Gasteiger partial charge in [0, 0.05) is 0 Å². The maximum Gasteiger partial charge on any atom is 0.0844 e. The summed E-state index contributed by atoms with van der Waals surface area (Å²) in [5.41, 5.74) is 4.49. The molecule has 1 aliphatic rings. The molecule has 1 heterocycles. The molecule has 0 N–H and O–H groups in total. The molecule has 1 aliphatic heterocycles. The molecule has 0 aliphatic carbocycles. The van der Waals surface area contributed by atoms with Crippen LogP contribution in [0.25, 0.3) is 0 Å². The Hall–Kier alpha value is -0.820. The largest absolute Gasteiger partial charge is 0.370 e. The van der Waals surface area contributed by atoms with Gasteiger partial charge in [0.1, 0.15) is 0 Å². The van der Waals surface area contributed by atoms with Crippen LogP contribution in [-0.2, 0) is 17.6 Å². The van der Waals surface area contributed by atoms with Gasteiger partial charge < -0.3 is 4.74 Å². The fraction of sp³-hybridized carbons (Fsp3) is 0.625. The van der Waals surface area contributed by atoms with Gasteiger partial charge in [0.15, 0.2) is 0 Å². The third kappa shape index (κ3) is 2.90. The quantitative estimate of drug-likeness (QED) is 0.696. The van der Waals surface area contributed by atoms with Crippen molar-refractivity contribution in [1.82, 2.24) is 0 Å².